The molecule has 1 saturated carbocycles. The molecule has 1 fully saturated rings. The summed E-state index contributed by atoms with van der Waals surface area (Å²) in [5, 5.41) is 0. The molecule has 1 aliphatic carbocycles. The van der Waals surface area contributed by atoms with Gasteiger partial charge in [-0.25, -0.2) is 4.79 Å². The van der Waals surface area contributed by atoms with Gasteiger partial charge in [-0.05, 0) is 24.3 Å². The number of nitrogens with zero attached hydrogens (tertiary/aromatic N) is 1. The Morgan fingerprint density at radius 2 is 2.00 bits per heavy atom. The van der Waals surface area contributed by atoms with Crippen LogP contribution in [-0.4, -0.2) is 23.6 Å². The Labute approximate surface area is 109 Å². The van der Waals surface area contributed by atoms with Crippen LogP contribution in [-0.2, 0) is 11.3 Å². The number of ether oxygens (including phenoxy) is 1. The van der Waals surface area contributed by atoms with E-state index in [4.69, 9.17) is 4.74 Å². The van der Waals surface area contributed by atoms with Crippen molar-refractivity contribution in [2.75, 3.05) is 6.54 Å². The van der Waals surface area contributed by atoms with E-state index in [-0.39, 0.29) is 6.09 Å². The van der Waals surface area contributed by atoms with Crippen LogP contribution < -0.4 is 0 Å². The molecule has 1 aliphatic rings. The van der Waals surface area contributed by atoms with Gasteiger partial charge >= 0.3 is 6.09 Å². The monoisotopic (exact) mass is 247 g/mol. The third-order valence-electron chi connectivity index (χ3n) is 2.99. The van der Waals surface area contributed by atoms with Crippen LogP contribution in [0.5, 0.6) is 0 Å². The fourth-order valence-electron chi connectivity index (χ4n) is 1.95. The molecular weight excluding hydrogens is 226 g/mol. The van der Waals surface area contributed by atoms with Gasteiger partial charge in [0.05, 0.1) is 0 Å². The van der Waals surface area contributed by atoms with Crippen LogP contribution in [0.1, 0.15) is 32.3 Å². The van der Waals surface area contributed by atoms with Gasteiger partial charge < -0.3 is 9.64 Å². The van der Waals surface area contributed by atoms with E-state index in [0.717, 1.165) is 24.9 Å². The minimum Gasteiger partial charge on any atom is -0.445 e. The normalized spacial score (nSPS) is 14.6. The first kappa shape index (κ1) is 12.9. The van der Waals surface area contributed by atoms with Gasteiger partial charge in [-0.15, -0.1) is 0 Å². The Hall–Kier alpha value is -1.51. The van der Waals surface area contributed by atoms with E-state index in [9.17, 15) is 4.79 Å². The summed E-state index contributed by atoms with van der Waals surface area (Å²) in [6, 6.07) is 10.2. The molecule has 0 aromatic heterocycles. The Balaban J connectivity index is 1.85. The van der Waals surface area contributed by atoms with Crippen LogP contribution in [0.25, 0.3) is 0 Å². The molecule has 2 rings (SSSR count). The smallest absolute Gasteiger partial charge is 0.410 e. The zero-order chi connectivity index (χ0) is 13.0. The second-order valence-corrected chi connectivity index (χ2v) is 5.32. The van der Waals surface area contributed by atoms with Gasteiger partial charge in [0.1, 0.15) is 6.61 Å². The zero-order valence-electron chi connectivity index (χ0n) is 11.1. The molecule has 0 radical (unpaired) electrons. The molecule has 3 nitrogen and oxygen atoms in total. The van der Waals surface area contributed by atoms with E-state index in [1.165, 1.54) is 0 Å². The minimum absolute atomic E-state index is 0.171. The highest BCUT2D eigenvalue weighted by molar-refractivity contribution is 5.68. The molecule has 0 heterocycles. The van der Waals surface area contributed by atoms with Crippen molar-refractivity contribution in [2.24, 2.45) is 5.92 Å². The predicted molar refractivity (Wildman–Crippen MR) is 71.2 cm³/mol. The first-order chi connectivity index (χ1) is 8.66. The van der Waals surface area contributed by atoms with Gasteiger partial charge in [0.25, 0.3) is 0 Å². The van der Waals surface area contributed by atoms with Gasteiger partial charge in [-0.3, -0.25) is 0 Å². The van der Waals surface area contributed by atoms with Crippen molar-refractivity contribution in [3.63, 3.8) is 0 Å². The molecule has 0 spiro atoms. The number of rotatable bonds is 5. The fraction of sp³-hybridized carbons (Fsp3) is 0.533. The van der Waals surface area contributed by atoms with Crippen LogP contribution in [0.2, 0.25) is 0 Å². The largest absolute Gasteiger partial charge is 0.445 e. The average Bonchev–Trinajstić information content (AvgIpc) is 3.18. The molecule has 98 valence electrons. The van der Waals surface area contributed by atoms with Crippen molar-refractivity contribution >= 4 is 6.09 Å². The quantitative estimate of drug-likeness (QED) is 0.797. The summed E-state index contributed by atoms with van der Waals surface area (Å²) in [6.45, 7) is 5.40. The summed E-state index contributed by atoms with van der Waals surface area (Å²) in [4.78, 5) is 13.9. The summed E-state index contributed by atoms with van der Waals surface area (Å²) in [5.74, 6) is 0.481. The molecule has 18 heavy (non-hydrogen) atoms. The summed E-state index contributed by atoms with van der Waals surface area (Å²) in [6.07, 6.45) is 2.07. The molecule has 1 amide bonds. The van der Waals surface area contributed by atoms with E-state index in [0.29, 0.717) is 18.6 Å². The van der Waals surface area contributed by atoms with Gasteiger partial charge in [0, 0.05) is 12.6 Å². The minimum atomic E-state index is -0.171. The highest BCUT2D eigenvalue weighted by Crippen LogP contribution is 2.28. The molecule has 0 atom stereocenters. The second kappa shape index (κ2) is 5.89. The highest BCUT2D eigenvalue weighted by Gasteiger charge is 2.33. The third kappa shape index (κ3) is 3.76. The number of hydrogen-bond acceptors (Lipinski definition) is 2. The van der Waals surface area contributed by atoms with Gasteiger partial charge in [-0.1, -0.05) is 44.2 Å². The molecule has 3 heteroatoms. The van der Waals surface area contributed by atoms with Crippen molar-refractivity contribution in [1.82, 2.24) is 4.90 Å². The fourth-order valence-corrected chi connectivity index (χ4v) is 1.95. The lowest BCUT2D eigenvalue weighted by molar-refractivity contribution is 0.0892. The number of carbonyl (C=O) groups excluding carboxylic acids is 1. The molecular formula is C15H21NO2. The number of benzene rings is 1. The summed E-state index contributed by atoms with van der Waals surface area (Å²) in [7, 11) is 0. The number of hydrogen-bond donors (Lipinski definition) is 0. The first-order valence-corrected chi connectivity index (χ1v) is 6.64. The topological polar surface area (TPSA) is 29.5 Å². The van der Waals surface area contributed by atoms with E-state index in [1.54, 1.807) is 0 Å². The molecule has 1 aromatic carbocycles. The van der Waals surface area contributed by atoms with E-state index >= 15 is 0 Å². The van der Waals surface area contributed by atoms with Crippen molar-refractivity contribution in [3.05, 3.63) is 35.9 Å². The number of carbonyl (C=O) groups is 1. The van der Waals surface area contributed by atoms with Crippen LogP contribution >= 0.6 is 0 Å². The summed E-state index contributed by atoms with van der Waals surface area (Å²) < 4.78 is 5.38. The standard InChI is InChI=1S/C15H21NO2/c1-12(2)10-16(14-8-9-14)15(17)18-11-13-6-4-3-5-7-13/h3-7,12,14H,8-11H2,1-2H3. The van der Waals surface area contributed by atoms with Gasteiger partial charge in [0.15, 0.2) is 0 Å². The first-order valence-electron chi connectivity index (χ1n) is 6.64. The molecule has 0 N–H and O–H groups in total. The Morgan fingerprint density at radius 1 is 1.33 bits per heavy atom. The maximum absolute atomic E-state index is 12.0. The third-order valence-corrected chi connectivity index (χ3v) is 2.99. The molecule has 0 bridgehead atoms. The van der Waals surface area contributed by atoms with Gasteiger partial charge in [-0.2, -0.15) is 0 Å². The Bertz CT molecular complexity index is 385. The second-order valence-electron chi connectivity index (χ2n) is 5.32. The lowest BCUT2D eigenvalue weighted by Crippen LogP contribution is -2.36. The van der Waals surface area contributed by atoms with E-state index in [2.05, 4.69) is 13.8 Å². The van der Waals surface area contributed by atoms with Crippen LogP contribution in [0, 0.1) is 5.92 Å². The van der Waals surface area contributed by atoms with Crippen LogP contribution in [0.4, 0.5) is 4.79 Å². The van der Waals surface area contributed by atoms with Crippen molar-refractivity contribution in [3.8, 4) is 0 Å². The van der Waals surface area contributed by atoms with E-state index in [1.807, 2.05) is 35.2 Å². The maximum Gasteiger partial charge on any atom is 0.410 e. The number of amides is 1. The summed E-state index contributed by atoms with van der Waals surface area (Å²) >= 11 is 0. The van der Waals surface area contributed by atoms with Gasteiger partial charge in [0.2, 0.25) is 0 Å². The van der Waals surface area contributed by atoms with Crippen molar-refractivity contribution < 1.29 is 9.53 Å². The summed E-state index contributed by atoms with van der Waals surface area (Å²) in [5.41, 5.74) is 1.03. The van der Waals surface area contributed by atoms with E-state index < -0.39 is 0 Å². The Morgan fingerprint density at radius 3 is 2.56 bits per heavy atom. The molecule has 1 aromatic rings. The van der Waals surface area contributed by atoms with Crippen LogP contribution in [0.15, 0.2) is 30.3 Å². The predicted octanol–water partition coefficient (Wildman–Crippen LogP) is 3.44. The van der Waals surface area contributed by atoms with Crippen molar-refractivity contribution in [1.29, 1.82) is 0 Å². The van der Waals surface area contributed by atoms with Crippen molar-refractivity contribution in [2.45, 2.75) is 39.3 Å². The Kier molecular flexibility index (Phi) is 4.24. The SMILES string of the molecule is CC(C)CN(C(=O)OCc1ccccc1)C1CC1. The average molecular weight is 247 g/mol. The lowest BCUT2D eigenvalue weighted by Gasteiger charge is -2.23. The lowest BCUT2D eigenvalue weighted by atomic mass is 10.2. The molecule has 0 aliphatic heterocycles. The molecule has 0 unspecified atom stereocenters. The highest BCUT2D eigenvalue weighted by atomic mass is 16.6. The van der Waals surface area contributed by atoms with Crippen LogP contribution in [0.3, 0.4) is 0 Å². The zero-order valence-corrected chi connectivity index (χ0v) is 11.1. The maximum atomic E-state index is 12.0. The molecule has 0 saturated heterocycles.